The minimum atomic E-state index is -0.625. The van der Waals surface area contributed by atoms with Crippen LogP contribution < -0.4 is 0 Å². The zero-order chi connectivity index (χ0) is 12.8. The summed E-state index contributed by atoms with van der Waals surface area (Å²) in [5, 5.41) is 10.1. The molecule has 6 atom stereocenters. The van der Waals surface area contributed by atoms with Crippen molar-refractivity contribution in [2.75, 3.05) is 0 Å². The van der Waals surface area contributed by atoms with Crippen LogP contribution in [0.4, 0.5) is 0 Å². The van der Waals surface area contributed by atoms with Gasteiger partial charge in [-0.3, -0.25) is 0 Å². The van der Waals surface area contributed by atoms with Gasteiger partial charge in [0.05, 0.1) is 6.10 Å². The Balaban J connectivity index is 1.97. The molecule has 2 saturated carbocycles. The first-order valence-electron chi connectivity index (χ1n) is 7.18. The number of rotatable bonds is 3. The molecule has 0 aromatic heterocycles. The van der Waals surface area contributed by atoms with Crippen molar-refractivity contribution in [2.45, 2.75) is 66.3 Å². The summed E-state index contributed by atoms with van der Waals surface area (Å²) in [6, 6.07) is 0. The third kappa shape index (κ3) is 2.39. The van der Waals surface area contributed by atoms with Gasteiger partial charge in [-0.1, -0.05) is 41.0 Å². The average Bonchev–Trinajstić information content (AvgIpc) is 2.73. The van der Waals surface area contributed by atoms with E-state index in [2.05, 4.69) is 13.8 Å². The van der Waals surface area contributed by atoms with E-state index in [1.165, 1.54) is 12.8 Å². The van der Waals surface area contributed by atoms with Gasteiger partial charge >= 0.3 is 0 Å². The molecule has 0 aromatic rings. The Morgan fingerprint density at radius 3 is 2.41 bits per heavy atom. The molecule has 0 spiro atoms. The molecule has 0 aromatic carbocycles. The lowest BCUT2D eigenvalue weighted by molar-refractivity contribution is -0.202. The van der Waals surface area contributed by atoms with E-state index in [4.69, 9.17) is 4.74 Å². The molecule has 2 aliphatic rings. The van der Waals surface area contributed by atoms with Crippen molar-refractivity contribution in [3.05, 3.63) is 0 Å². The molecule has 0 radical (unpaired) electrons. The Bertz CT molecular complexity index is 269. The fraction of sp³-hybridized carbons (Fsp3) is 1.00. The maximum atomic E-state index is 10.1. The monoisotopic (exact) mass is 240 g/mol. The highest BCUT2D eigenvalue weighted by Crippen LogP contribution is 2.54. The van der Waals surface area contributed by atoms with Crippen LogP contribution in [0, 0.1) is 29.1 Å². The van der Waals surface area contributed by atoms with Crippen LogP contribution in [0.3, 0.4) is 0 Å². The van der Waals surface area contributed by atoms with Crippen molar-refractivity contribution in [3.8, 4) is 0 Å². The number of hydrogen-bond donors (Lipinski definition) is 1. The summed E-state index contributed by atoms with van der Waals surface area (Å²) in [5.74, 6) is 3.20. The molecule has 0 aliphatic heterocycles. The molecule has 2 bridgehead atoms. The van der Waals surface area contributed by atoms with Crippen LogP contribution in [0.5, 0.6) is 0 Å². The number of fused-ring (bicyclic) bond motifs is 2. The van der Waals surface area contributed by atoms with Crippen LogP contribution in [0.2, 0.25) is 0 Å². The van der Waals surface area contributed by atoms with E-state index in [0.29, 0.717) is 12.0 Å². The summed E-state index contributed by atoms with van der Waals surface area (Å²) in [5.41, 5.74) is -0.171. The van der Waals surface area contributed by atoms with Gasteiger partial charge in [-0.15, -0.1) is 0 Å². The van der Waals surface area contributed by atoms with Crippen molar-refractivity contribution in [3.63, 3.8) is 0 Å². The quantitative estimate of drug-likeness (QED) is 0.766. The maximum Gasteiger partial charge on any atom is 0.159 e. The minimum Gasteiger partial charge on any atom is -0.367 e. The maximum absolute atomic E-state index is 10.1. The first-order chi connectivity index (χ1) is 7.84. The van der Waals surface area contributed by atoms with E-state index in [-0.39, 0.29) is 5.41 Å². The Hall–Kier alpha value is -0.0800. The predicted molar refractivity (Wildman–Crippen MR) is 69.5 cm³/mol. The minimum absolute atomic E-state index is 0.171. The number of aliphatic hydroxyl groups excluding tert-OH is 1. The molecule has 100 valence electrons. The van der Waals surface area contributed by atoms with Crippen LogP contribution >= 0.6 is 0 Å². The van der Waals surface area contributed by atoms with Crippen LogP contribution in [-0.2, 0) is 4.74 Å². The summed E-state index contributed by atoms with van der Waals surface area (Å²) < 4.78 is 5.95. The standard InChI is InChI=1S/C15H28O2/c1-6-11-9(2)10-7-12(11)13(8-10)17-14(16)15(3,4)5/h9-14,16H,6-8H2,1-5H3. The van der Waals surface area contributed by atoms with E-state index in [1.54, 1.807) is 0 Å². The predicted octanol–water partition coefficient (Wildman–Crippen LogP) is 3.44. The second-order valence-electron chi connectivity index (χ2n) is 7.22. The van der Waals surface area contributed by atoms with Gasteiger partial charge in [-0.25, -0.2) is 0 Å². The van der Waals surface area contributed by atoms with Crippen LogP contribution in [-0.4, -0.2) is 17.5 Å². The normalized spacial score (nSPS) is 43.1. The first kappa shape index (κ1) is 13.4. The Morgan fingerprint density at radius 2 is 1.94 bits per heavy atom. The molecular weight excluding hydrogens is 212 g/mol. The molecule has 1 N–H and O–H groups in total. The lowest BCUT2D eigenvalue weighted by Crippen LogP contribution is -2.38. The van der Waals surface area contributed by atoms with Crippen LogP contribution in [0.25, 0.3) is 0 Å². The second-order valence-corrected chi connectivity index (χ2v) is 7.22. The SMILES string of the molecule is CCC1C(C)C2CC(OC(O)C(C)(C)C)C1C2. The number of aliphatic hydroxyl groups is 1. The molecule has 0 saturated heterocycles. The van der Waals surface area contributed by atoms with E-state index in [0.717, 1.165) is 24.2 Å². The van der Waals surface area contributed by atoms with Gasteiger partial charge < -0.3 is 9.84 Å². The largest absolute Gasteiger partial charge is 0.367 e. The fourth-order valence-electron chi connectivity index (χ4n) is 3.89. The van der Waals surface area contributed by atoms with Crippen molar-refractivity contribution < 1.29 is 9.84 Å². The number of hydrogen-bond acceptors (Lipinski definition) is 2. The fourth-order valence-corrected chi connectivity index (χ4v) is 3.89. The van der Waals surface area contributed by atoms with Gasteiger partial charge in [0.25, 0.3) is 0 Å². The Labute approximate surface area is 106 Å². The lowest BCUT2D eigenvalue weighted by atomic mass is 9.77. The van der Waals surface area contributed by atoms with E-state index in [1.807, 2.05) is 20.8 Å². The van der Waals surface area contributed by atoms with Crippen LogP contribution in [0.15, 0.2) is 0 Å². The molecule has 0 heterocycles. The molecule has 6 unspecified atom stereocenters. The molecule has 2 fully saturated rings. The average molecular weight is 240 g/mol. The van der Waals surface area contributed by atoms with Crippen LogP contribution in [0.1, 0.15) is 53.9 Å². The lowest BCUT2D eigenvalue weighted by Gasteiger charge is -2.37. The van der Waals surface area contributed by atoms with Crippen molar-refractivity contribution in [2.24, 2.45) is 29.1 Å². The molecule has 0 amide bonds. The van der Waals surface area contributed by atoms with Crippen molar-refractivity contribution in [1.82, 2.24) is 0 Å². The van der Waals surface area contributed by atoms with E-state index in [9.17, 15) is 5.11 Å². The molecule has 2 rings (SSSR count). The third-order valence-electron chi connectivity index (χ3n) is 5.07. The zero-order valence-corrected chi connectivity index (χ0v) is 11.9. The topological polar surface area (TPSA) is 29.5 Å². The van der Waals surface area contributed by atoms with Crippen molar-refractivity contribution in [1.29, 1.82) is 0 Å². The Kier molecular flexibility index (Phi) is 3.57. The highest BCUT2D eigenvalue weighted by Gasteiger charge is 2.51. The van der Waals surface area contributed by atoms with Gasteiger partial charge in [0.15, 0.2) is 6.29 Å². The van der Waals surface area contributed by atoms with Crippen molar-refractivity contribution >= 4 is 0 Å². The molecule has 17 heavy (non-hydrogen) atoms. The molecule has 2 heteroatoms. The van der Waals surface area contributed by atoms with E-state index >= 15 is 0 Å². The molecule has 2 aliphatic carbocycles. The van der Waals surface area contributed by atoms with Gasteiger partial charge in [-0.2, -0.15) is 0 Å². The summed E-state index contributed by atoms with van der Waals surface area (Å²) in [7, 11) is 0. The van der Waals surface area contributed by atoms with E-state index < -0.39 is 6.29 Å². The summed E-state index contributed by atoms with van der Waals surface area (Å²) in [4.78, 5) is 0. The highest BCUT2D eigenvalue weighted by molar-refractivity contribution is 4.99. The smallest absolute Gasteiger partial charge is 0.159 e. The highest BCUT2D eigenvalue weighted by atomic mass is 16.6. The second kappa shape index (κ2) is 4.55. The molecular formula is C15H28O2. The van der Waals surface area contributed by atoms with Gasteiger partial charge in [-0.05, 0) is 36.5 Å². The van der Waals surface area contributed by atoms with Gasteiger partial charge in [0.1, 0.15) is 0 Å². The zero-order valence-electron chi connectivity index (χ0n) is 11.9. The summed E-state index contributed by atoms with van der Waals surface area (Å²) >= 11 is 0. The summed E-state index contributed by atoms with van der Waals surface area (Å²) in [6.45, 7) is 10.8. The summed E-state index contributed by atoms with van der Waals surface area (Å²) in [6.07, 6.45) is 3.42. The first-order valence-corrected chi connectivity index (χ1v) is 7.18. The van der Waals surface area contributed by atoms with Gasteiger partial charge in [0.2, 0.25) is 0 Å². The molecule has 2 nitrogen and oxygen atoms in total. The van der Waals surface area contributed by atoms with Gasteiger partial charge in [0, 0.05) is 5.41 Å². The third-order valence-corrected chi connectivity index (χ3v) is 5.07. The number of ether oxygens (including phenoxy) is 1. The Morgan fingerprint density at radius 1 is 1.29 bits per heavy atom.